The van der Waals surface area contributed by atoms with Crippen LogP contribution in [0.4, 0.5) is 8.78 Å². The lowest BCUT2D eigenvalue weighted by atomic mass is 10.0. The molecule has 0 fully saturated rings. The first-order valence-electron chi connectivity index (χ1n) is 6.14. The van der Waals surface area contributed by atoms with Crippen LogP contribution in [0.3, 0.4) is 0 Å². The second-order valence-electron chi connectivity index (χ2n) is 4.76. The lowest BCUT2D eigenvalue weighted by Gasteiger charge is -2.12. The Kier molecular flexibility index (Phi) is 3.84. The summed E-state index contributed by atoms with van der Waals surface area (Å²) >= 11 is 0. The zero-order chi connectivity index (χ0) is 15.7. The van der Waals surface area contributed by atoms with Crippen molar-refractivity contribution in [3.8, 4) is 5.69 Å². The van der Waals surface area contributed by atoms with E-state index in [4.69, 9.17) is 5.11 Å². The van der Waals surface area contributed by atoms with E-state index < -0.39 is 28.7 Å². The minimum atomic E-state index is -1.52. The molecule has 0 spiro atoms. The van der Waals surface area contributed by atoms with Gasteiger partial charge in [0.1, 0.15) is 17.3 Å². The van der Waals surface area contributed by atoms with E-state index >= 15 is 0 Å². The number of rotatable bonds is 3. The van der Waals surface area contributed by atoms with Gasteiger partial charge in [0, 0.05) is 17.8 Å². The highest BCUT2D eigenvalue weighted by atomic mass is 19.1. The molecule has 2 aromatic rings. The van der Waals surface area contributed by atoms with Gasteiger partial charge in [-0.1, -0.05) is 13.8 Å². The molecule has 0 unspecified atom stereocenters. The predicted octanol–water partition coefficient (Wildman–Crippen LogP) is 2.33. The molecular formula is C14H12F2N2O3. The highest BCUT2D eigenvalue weighted by molar-refractivity contribution is 5.85. The third-order valence-corrected chi connectivity index (χ3v) is 2.93. The molecular weight excluding hydrogens is 282 g/mol. The van der Waals surface area contributed by atoms with Crippen molar-refractivity contribution in [2.24, 2.45) is 0 Å². The zero-order valence-corrected chi connectivity index (χ0v) is 11.3. The van der Waals surface area contributed by atoms with Gasteiger partial charge in [0.25, 0.3) is 0 Å². The van der Waals surface area contributed by atoms with Gasteiger partial charge < -0.3 is 5.11 Å². The maximum Gasteiger partial charge on any atom is 0.360 e. The number of aromatic nitrogens is 2. The van der Waals surface area contributed by atoms with E-state index in [1.807, 2.05) is 0 Å². The van der Waals surface area contributed by atoms with Gasteiger partial charge in [-0.05, 0) is 18.1 Å². The Morgan fingerprint density at radius 3 is 2.57 bits per heavy atom. The predicted molar refractivity (Wildman–Crippen MR) is 70.8 cm³/mol. The molecule has 1 heterocycles. The molecule has 0 saturated heterocycles. The summed E-state index contributed by atoms with van der Waals surface area (Å²) in [5, 5.41) is 12.6. The van der Waals surface area contributed by atoms with Crippen LogP contribution < -0.4 is 5.43 Å². The van der Waals surface area contributed by atoms with Gasteiger partial charge in [-0.15, -0.1) is 0 Å². The normalized spacial score (nSPS) is 10.9. The van der Waals surface area contributed by atoms with E-state index in [1.54, 1.807) is 13.8 Å². The molecule has 2 rings (SSSR count). The maximum absolute atomic E-state index is 13.8. The maximum atomic E-state index is 13.8. The van der Waals surface area contributed by atoms with Gasteiger partial charge in [-0.25, -0.2) is 18.3 Å². The van der Waals surface area contributed by atoms with E-state index in [0.717, 1.165) is 22.9 Å². The average molecular weight is 294 g/mol. The molecule has 110 valence electrons. The summed E-state index contributed by atoms with van der Waals surface area (Å²) in [5.41, 5.74) is -1.57. The van der Waals surface area contributed by atoms with Gasteiger partial charge in [-0.3, -0.25) is 4.79 Å². The van der Waals surface area contributed by atoms with Crippen LogP contribution >= 0.6 is 0 Å². The molecule has 21 heavy (non-hydrogen) atoms. The van der Waals surface area contributed by atoms with Crippen molar-refractivity contribution in [2.45, 2.75) is 19.8 Å². The summed E-state index contributed by atoms with van der Waals surface area (Å²) in [6.07, 6.45) is 1.22. The highest BCUT2D eigenvalue weighted by Gasteiger charge is 2.19. The van der Waals surface area contributed by atoms with Crippen molar-refractivity contribution >= 4 is 5.97 Å². The van der Waals surface area contributed by atoms with Crippen molar-refractivity contribution in [3.05, 3.63) is 57.5 Å². The second kappa shape index (κ2) is 5.43. The zero-order valence-electron chi connectivity index (χ0n) is 11.3. The molecule has 7 heteroatoms. The van der Waals surface area contributed by atoms with Gasteiger partial charge in [0.15, 0.2) is 0 Å². The SMILES string of the molecule is CC(C)c1cn(-c2cc(F)ccc2F)nc(C(=O)O)c1=O. The van der Waals surface area contributed by atoms with Crippen molar-refractivity contribution in [1.29, 1.82) is 0 Å². The number of benzene rings is 1. The number of aromatic carboxylic acids is 1. The molecule has 1 aromatic carbocycles. The molecule has 0 bridgehead atoms. The van der Waals surface area contributed by atoms with Crippen LogP contribution in [0, 0.1) is 11.6 Å². The number of halogens is 2. The van der Waals surface area contributed by atoms with Gasteiger partial charge >= 0.3 is 5.97 Å². The number of nitrogens with zero attached hydrogens (tertiary/aromatic N) is 2. The van der Waals surface area contributed by atoms with Crippen molar-refractivity contribution in [2.75, 3.05) is 0 Å². The van der Waals surface area contributed by atoms with Crippen LogP contribution in [-0.2, 0) is 0 Å². The Morgan fingerprint density at radius 2 is 2.00 bits per heavy atom. The first-order valence-corrected chi connectivity index (χ1v) is 6.14. The molecule has 0 atom stereocenters. The first kappa shape index (κ1) is 14.8. The fourth-order valence-corrected chi connectivity index (χ4v) is 1.85. The molecule has 1 aromatic heterocycles. The van der Waals surface area contributed by atoms with Crippen LogP contribution in [0.15, 0.2) is 29.2 Å². The van der Waals surface area contributed by atoms with Crippen molar-refractivity contribution < 1.29 is 18.7 Å². The van der Waals surface area contributed by atoms with Crippen LogP contribution in [0.2, 0.25) is 0 Å². The Hall–Kier alpha value is -2.57. The van der Waals surface area contributed by atoms with Crippen LogP contribution in [0.25, 0.3) is 5.69 Å². The van der Waals surface area contributed by atoms with E-state index in [9.17, 15) is 18.4 Å². The standard InChI is InChI=1S/C14H12F2N2O3/c1-7(2)9-6-18(17-12(13(9)19)14(20)21)11-5-8(15)3-4-10(11)16/h3-7H,1-2H3,(H,20,21). The lowest BCUT2D eigenvalue weighted by molar-refractivity contribution is 0.0686. The largest absolute Gasteiger partial charge is 0.476 e. The van der Waals surface area contributed by atoms with E-state index in [-0.39, 0.29) is 17.2 Å². The second-order valence-corrected chi connectivity index (χ2v) is 4.76. The quantitative estimate of drug-likeness (QED) is 0.943. The molecule has 0 saturated carbocycles. The van der Waals surface area contributed by atoms with E-state index in [2.05, 4.69) is 5.10 Å². The van der Waals surface area contributed by atoms with Crippen LogP contribution in [-0.4, -0.2) is 20.9 Å². The Labute approximate surface area is 118 Å². The average Bonchev–Trinajstić information content (AvgIpc) is 2.41. The van der Waals surface area contributed by atoms with E-state index in [0.29, 0.717) is 0 Å². The first-order chi connectivity index (χ1) is 9.81. The minimum Gasteiger partial charge on any atom is -0.476 e. The summed E-state index contributed by atoms with van der Waals surface area (Å²) in [4.78, 5) is 23.1. The highest BCUT2D eigenvalue weighted by Crippen LogP contribution is 2.16. The monoisotopic (exact) mass is 294 g/mol. The Morgan fingerprint density at radius 1 is 1.33 bits per heavy atom. The number of carboxylic acids is 1. The molecule has 1 N–H and O–H groups in total. The molecule has 0 radical (unpaired) electrons. The minimum absolute atomic E-state index is 0.158. The van der Waals surface area contributed by atoms with E-state index in [1.165, 1.54) is 6.20 Å². The third kappa shape index (κ3) is 2.81. The summed E-state index contributed by atoms with van der Waals surface area (Å²) in [5.74, 6) is -3.29. The number of hydrogen-bond acceptors (Lipinski definition) is 3. The van der Waals surface area contributed by atoms with Gasteiger partial charge in [0.05, 0.1) is 0 Å². The van der Waals surface area contributed by atoms with Gasteiger partial charge in [0.2, 0.25) is 11.1 Å². The summed E-state index contributed by atoms with van der Waals surface area (Å²) in [7, 11) is 0. The summed E-state index contributed by atoms with van der Waals surface area (Å²) in [6, 6.07) is 2.71. The van der Waals surface area contributed by atoms with Crippen LogP contribution in [0.5, 0.6) is 0 Å². The lowest BCUT2D eigenvalue weighted by Crippen LogP contribution is -2.25. The summed E-state index contributed by atoms with van der Waals surface area (Å²) < 4.78 is 27.9. The topological polar surface area (TPSA) is 72.2 Å². The molecule has 0 amide bonds. The fourth-order valence-electron chi connectivity index (χ4n) is 1.85. The summed E-state index contributed by atoms with van der Waals surface area (Å²) in [6.45, 7) is 3.38. The molecule has 5 nitrogen and oxygen atoms in total. The molecule has 0 aliphatic rings. The number of hydrogen-bond donors (Lipinski definition) is 1. The van der Waals surface area contributed by atoms with Gasteiger partial charge in [-0.2, -0.15) is 5.10 Å². The molecule has 0 aliphatic carbocycles. The number of carbonyl (C=O) groups is 1. The van der Waals surface area contributed by atoms with Crippen molar-refractivity contribution in [1.82, 2.24) is 9.78 Å². The fraction of sp³-hybridized carbons (Fsp3) is 0.214. The van der Waals surface area contributed by atoms with Crippen molar-refractivity contribution in [3.63, 3.8) is 0 Å². The number of carboxylic acid groups (broad SMARTS) is 1. The smallest absolute Gasteiger partial charge is 0.360 e. The Bertz CT molecular complexity index is 769. The molecule has 0 aliphatic heterocycles. The third-order valence-electron chi connectivity index (χ3n) is 2.93. The van der Waals surface area contributed by atoms with Crippen LogP contribution in [0.1, 0.15) is 35.8 Å². The Balaban J connectivity index is 2.78.